The van der Waals surface area contributed by atoms with Crippen molar-refractivity contribution in [3.8, 4) is 0 Å². The van der Waals surface area contributed by atoms with Gasteiger partial charge in [0.2, 0.25) is 0 Å². The van der Waals surface area contributed by atoms with Crippen molar-refractivity contribution in [2.24, 2.45) is 0 Å². The molecule has 1 aromatic heterocycles. The Morgan fingerprint density at radius 2 is 1.95 bits per heavy atom. The molecule has 1 atom stereocenters. The number of hydrogen-bond acceptors (Lipinski definition) is 3. The number of nitrogens with one attached hydrogen (secondary N) is 1. The lowest BCUT2D eigenvalue weighted by atomic mass is 9.80. The molecule has 1 aromatic rings. The molecule has 0 amide bonds. The van der Waals surface area contributed by atoms with E-state index in [2.05, 4.69) is 58.6 Å². The van der Waals surface area contributed by atoms with E-state index in [9.17, 15) is 0 Å². The summed E-state index contributed by atoms with van der Waals surface area (Å²) in [6.07, 6.45) is 8.07. The van der Waals surface area contributed by atoms with Gasteiger partial charge in [-0.2, -0.15) is 0 Å². The van der Waals surface area contributed by atoms with Crippen LogP contribution in [0, 0.1) is 0 Å². The van der Waals surface area contributed by atoms with Gasteiger partial charge < -0.3 is 10.2 Å². The van der Waals surface area contributed by atoms with Gasteiger partial charge in [0.1, 0.15) is 0 Å². The van der Waals surface area contributed by atoms with Crippen LogP contribution < -0.4 is 5.32 Å². The molecule has 2 nitrogen and oxygen atoms in total. The van der Waals surface area contributed by atoms with E-state index in [0.717, 1.165) is 6.54 Å². The minimum Gasteiger partial charge on any atom is -0.308 e. The zero-order valence-electron chi connectivity index (χ0n) is 12.9. The normalized spacial score (nSPS) is 20.9. The Balaban J connectivity index is 2.39. The topological polar surface area (TPSA) is 15.3 Å². The summed E-state index contributed by atoms with van der Waals surface area (Å²) in [4.78, 5) is 3.94. The third-order valence-electron chi connectivity index (χ3n) is 4.71. The Hall–Kier alpha value is 0.1000. The molecule has 0 saturated heterocycles. The maximum atomic E-state index is 3.78. The second kappa shape index (κ2) is 7.39. The van der Waals surface area contributed by atoms with E-state index >= 15 is 0 Å². The SMILES string of the molecule is CCNC(c1sccc1Br)C1(N(C)C)CCCCCC1. The van der Waals surface area contributed by atoms with Crippen LogP contribution >= 0.6 is 27.3 Å². The maximum absolute atomic E-state index is 3.78. The molecule has 4 heteroatoms. The zero-order valence-corrected chi connectivity index (χ0v) is 15.3. The van der Waals surface area contributed by atoms with E-state index in [0.29, 0.717) is 6.04 Å². The summed E-state index contributed by atoms with van der Waals surface area (Å²) in [6.45, 7) is 3.24. The minimum absolute atomic E-state index is 0.250. The van der Waals surface area contributed by atoms with Crippen molar-refractivity contribution in [3.05, 3.63) is 20.8 Å². The van der Waals surface area contributed by atoms with Gasteiger partial charge in [-0.1, -0.05) is 32.6 Å². The van der Waals surface area contributed by atoms with Crippen LogP contribution in [0.5, 0.6) is 0 Å². The molecule has 1 aliphatic carbocycles. The molecule has 1 N–H and O–H groups in total. The Morgan fingerprint density at radius 3 is 2.40 bits per heavy atom. The van der Waals surface area contributed by atoms with Crippen LogP contribution in [0.4, 0.5) is 0 Å². The van der Waals surface area contributed by atoms with Crippen molar-refractivity contribution < 1.29 is 0 Å². The Morgan fingerprint density at radius 1 is 1.30 bits per heavy atom. The molecule has 0 spiro atoms. The van der Waals surface area contributed by atoms with Crippen LogP contribution in [0.1, 0.15) is 56.4 Å². The van der Waals surface area contributed by atoms with Gasteiger partial charge in [-0.05, 0) is 60.9 Å². The molecule has 1 unspecified atom stereocenters. The smallest absolute Gasteiger partial charge is 0.0612 e. The highest BCUT2D eigenvalue weighted by atomic mass is 79.9. The Kier molecular flexibility index (Phi) is 6.09. The van der Waals surface area contributed by atoms with E-state index in [-0.39, 0.29) is 5.54 Å². The first-order chi connectivity index (χ1) is 9.62. The predicted molar refractivity (Wildman–Crippen MR) is 92.6 cm³/mol. The Labute approximate surface area is 136 Å². The van der Waals surface area contributed by atoms with Crippen molar-refractivity contribution in [1.82, 2.24) is 10.2 Å². The molecule has 1 fully saturated rings. The van der Waals surface area contributed by atoms with Crippen LogP contribution in [-0.2, 0) is 0 Å². The molecular formula is C16H27BrN2S. The molecule has 1 heterocycles. The number of likely N-dealkylation sites (N-methyl/N-ethyl adjacent to an activating group) is 2. The summed E-state index contributed by atoms with van der Waals surface area (Å²) in [6, 6.07) is 2.61. The highest BCUT2D eigenvalue weighted by Gasteiger charge is 2.42. The van der Waals surface area contributed by atoms with Crippen molar-refractivity contribution >= 4 is 27.3 Å². The van der Waals surface area contributed by atoms with Gasteiger partial charge in [0.25, 0.3) is 0 Å². The summed E-state index contributed by atoms with van der Waals surface area (Å²) in [5.74, 6) is 0. The fourth-order valence-electron chi connectivity index (χ4n) is 3.58. The largest absolute Gasteiger partial charge is 0.308 e. The summed E-state index contributed by atoms with van der Waals surface area (Å²) in [5, 5.41) is 5.98. The highest BCUT2D eigenvalue weighted by Crippen LogP contribution is 2.44. The lowest BCUT2D eigenvalue weighted by Gasteiger charge is -2.46. The van der Waals surface area contributed by atoms with Gasteiger partial charge in [-0.15, -0.1) is 11.3 Å². The van der Waals surface area contributed by atoms with Gasteiger partial charge in [0.05, 0.1) is 6.04 Å². The molecule has 1 saturated carbocycles. The Bertz CT molecular complexity index is 408. The first-order valence-corrected chi connectivity index (χ1v) is 9.43. The summed E-state index contributed by atoms with van der Waals surface area (Å²) in [7, 11) is 4.52. The zero-order chi connectivity index (χ0) is 14.6. The van der Waals surface area contributed by atoms with E-state index in [1.165, 1.54) is 47.9 Å². The molecule has 0 bridgehead atoms. The van der Waals surface area contributed by atoms with E-state index in [4.69, 9.17) is 0 Å². The quantitative estimate of drug-likeness (QED) is 0.759. The number of thiophene rings is 1. The number of halogens is 1. The molecule has 0 aromatic carbocycles. The number of nitrogens with zero attached hydrogens (tertiary/aromatic N) is 1. The lowest BCUT2D eigenvalue weighted by molar-refractivity contribution is 0.0819. The number of hydrogen-bond donors (Lipinski definition) is 1. The molecular weight excluding hydrogens is 332 g/mol. The fourth-order valence-corrected chi connectivity index (χ4v) is 5.36. The standard InChI is InChI=1S/C16H27BrN2S/c1-4-18-15(14-13(17)9-12-20-14)16(19(2)3)10-7-5-6-8-11-16/h9,12,15,18H,4-8,10-11H2,1-3H3. The molecule has 114 valence electrons. The monoisotopic (exact) mass is 358 g/mol. The maximum Gasteiger partial charge on any atom is 0.0612 e. The molecule has 20 heavy (non-hydrogen) atoms. The van der Waals surface area contributed by atoms with Crippen LogP contribution in [-0.4, -0.2) is 31.1 Å². The van der Waals surface area contributed by atoms with Gasteiger partial charge in [-0.25, -0.2) is 0 Å². The van der Waals surface area contributed by atoms with E-state index < -0.39 is 0 Å². The fraction of sp³-hybridized carbons (Fsp3) is 0.750. The first-order valence-electron chi connectivity index (χ1n) is 7.75. The van der Waals surface area contributed by atoms with Gasteiger partial charge in [-0.3, -0.25) is 0 Å². The van der Waals surface area contributed by atoms with Crippen LogP contribution in [0.15, 0.2) is 15.9 Å². The van der Waals surface area contributed by atoms with Crippen LogP contribution in [0.2, 0.25) is 0 Å². The highest BCUT2D eigenvalue weighted by molar-refractivity contribution is 9.10. The second-order valence-corrected chi connectivity index (χ2v) is 7.84. The predicted octanol–water partition coefficient (Wildman–Crippen LogP) is 4.82. The molecule has 2 rings (SSSR count). The lowest BCUT2D eigenvalue weighted by Crippen LogP contribution is -2.53. The van der Waals surface area contributed by atoms with Gasteiger partial charge in [0, 0.05) is 14.9 Å². The average Bonchev–Trinajstić information content (AvgIpc) is 2.69. The third-order valence-corrected chi connectivity index (χ3v) is 6.65. The van der Waals surface area contributed by atoms with Crippen molar-refractivity contribution in [1.29, 1.82) is 0 Å². The van der Waals surface area contributed by atoms with Crippen LogP contribution in [0.25, 0.3) is 0 Å². The average molecular weight is 359 g/mol. The van der Waals surface area contributed by atoms with Crippen molar-refractivity contribution in [3.63, 3.8) is 0 Å². The number of rotatable bonds is 5. The summed E-state index contributed by atoms with van der Waals surface area (Å²) >= 11 is 5.63. The third kappa shape index (κ3) is 3.29. The summed E-state index contributed by atoms with van der Waals surface area (Å²) < 4.78 is 1.26. The summed E-state index contributed by atoms with van der Waals surface area (Å²) in [5.41, 5.74) is 0.250. The van der Waals surface area contributed by atoms with Gasteiger partial charge in [0.15, 0.2) is 0 Å². The first kappa shape index (κ1) is 16.5. The second-order valence-electron chi connectivity index (χ2n) is 6.04. The van der Waals surface area contributed by atoms with Crippen molar-refractivity contribution in [2.75, 3.05) is 20.6 Å². The molecule has 1 aliphatic rings. The minimum atomic E-state index is 0.250. The molecule has 0 aliphatic heterocycles. The van der Waals surface area contributed by atoms with Crippen molar-refractivity contribution in [2.45, 2.75) is 57.0 Å². The van der Waals surface area contributed by atoms with E-state index in [1.54, 1.807) is 0 Å². The van der Waals surface area contributed by atoms with E-state index in [1.807, 2.05) is 11.3 Å². The molecule has 0 radical (unpaired) electrons. The van der Waals surface area contributed by atoms with Gasteiger partial charge >= 0.3 is 0 Å². The van der Waals surface area contributed by atoms with Crippen LogP contribution in [0.3, 0.4) is 0 Å².